The van der Waals surface area contributed by atoms with Gasteiger partial charge in [0.05, 0.1) is 12.5 Å². The lowest BCUT2D eigenvalue weighted by Crippen LogP contribution is -2.34. The number of nitrogens with one attached hydrogen (secondary N) is 1. The van der Waals surface area contributed by atoms with Crippen LogP contribution in [0.15, 0.2) is 0 Å². The van der Waals surface area contributed by atoms with Gasteiger partial charge in [-0.1, -0.05) is 72.1 Å². The average molecular weight is 423 g/mol. The molecular weight excluding hydrogens is 384 g/mol. The van der Waals surface area contributed by atoms with Crippen molar-refractivity contribution in [2.75, 3.05) is 6.54 Å². The summed E-state index contributed by atoms with van der Waals surface area (Å²) in [5.74, 6) is 0.939. The molecule has 1 saturated heterocycles. The number of amides is 3. The second-order valence-corrected chi connectivity index (χ2v) is 7.71. The maximum absolute atomic E-state index is 11.6. The van der Waals surface area contributed by atoms with Crippen molar-refractivity contribution in [1.29, 1.82) is 0 Å². The Morgan fingerprint density at radius 3 is 1.97 bits per heavy atom. The smallest absolute Gasteiger partial charge is 0.335 e. The molecule has 7 nitrogen and oxygen atoms in total. The molecule has 1 fully saturated rings. The lowest BCUT2D eigenvalue weighted by atomic mass is 10.0. The second-order valence-electron chi connectivity index (χ2n) is 7.71. The molecule has 30 heavy (non-hydrogen) atoms. The summed E-state index contributed by atoms with van der Waals surface area (Å²) in [6.45, 7) is 8.29. The van der Waals surface area contributed by atoms with Crippen LogP contribution in [0.4, 0.5) is 0 Å². The van der Waals surface area contributed by atoms with Gasteiger partial charge in [-0.25, -0.2) is 4.79 Å². The van der Waals surface area contributed by atoms with E-state index in [9.17, 15) is 19.2 Å². The molecule has 0 bridgehead atoms. The Bertz CT molecular complexity index is 581. The highest BCUT2D eigenvalue weighted by Crippen LogP contribution is 2.16. The van der Waals surface area contributed by atoms with E-state index in [1.807, 2.05) is 6.92 Å². The Labute approximate surface area is 181 Å². The first kappa shape index (κ1) is 27.6. The molecule has 3 amide bonds. The zero-order valence-electron chi connectivity index (χ0n) is 19.0. The Morgan fingerprint density at radius 1 is 1.00 bits per heavy atom. The third-order valence-corrected chi connectivity index (χ3v) is 4.88. The van der Waals surface area contributed by atoms with E-state index in [-0.39, 0.29) is 30.6 Å². The average Bonchev–Trinajstić information content (AvgIpc) is 3.04. The van der Waals surface area contributed by atoms with E-state index in [2.05, 4.69) is 25.1 Å². The third-order valence-electron chi connectivity index (χ3n) is 4.88. The zero-order chi connectivity index (χ0) is 22.9. The van der Waals surface area contributed by atoms with Crippen molar-refractivity contribution in [3.05, 3.63) is 0 Å². The fraction of sp³-hybridized carbons (Fsp3) is 0.739. The van der Waals surface area contributed by atoms with E-state index in [0.29, 0.717) is 11.6 Å². The van der Waals surface area contributed by atoms with Crippen LogP contribution in [-0.4, -0.2) is 35.3 Å². The molecule has 0 aromatic rings. The molecule has 1 heterocycles. The summed E-state index contributed by atoms with van der Waals surface area (Å²) in [6, 6.07) is 0. The molecule has 2 unspecified atom stereocenters. The number of unbranched alkanes of at least 4 members (excludes halogenated alkanes) is 4. The molecule has 1 aliphatic rings. The predicted octanol–water partition coefficient (Wildman–Crippen LogP) is 3.76. The van der Waals surface area contributed by atoms with Crippen molar-refractivity contribution in [1.82, 2.24) is 10.4 Å². The van der Waals surface area contributed by atoms with Gasteiger partial charge in [0, 0.05) is 18.8 Å². The van der Waals surface area contributed by atoms with E-state index in [0.717, 1.165) is 38.5 Å². The highest BCUT2D eigenvalue weighted by molar-refractivity contribution is 6.01. The normalized spacial score (nSPS) is 15.0. The summed E-state index contributed by atoms with van der Waals surface area (Å²) < 4.78 is 0. The third kappa shape index (κ3) is 11.6. The second kappa shape index (κ2) is 16.4. The number of carbonyl (C=O) groups excluding carboxylic acids is 4. The summed E-state index contributed by atoms with van der Waals surface area (Å²) in [5, 5.41) is 3.29. The molecule has 7 heteroatoms. The SMILES string of the molecule is C#CCNC(=O)C(C)CCCCC.CCCCCC(C)C(=O)ON1C(=O)CCC1=O. The van der Waals surface area contributed by atoms with E-state index >= 15 is 0 Å². The van der Waals surface area contributed by atoms with Gasteiger partial charge in [0.1, 0.15) is 0 Å². The van der Waals surface area contributed by atoms with Crippen LogP contribution in [0, 0.1) is 24.2 Å². The van der Waals surface area contributed by atoms with Crippen molar-refractivity contribution in [3.8, 4) is 12.3 Å². The molecule has 1 rings (SSSR count). The zero-order valence-corrected chi connectivity index (χ0v) is 19.0. The number of nitrogens with zero attached hydrogens (tertiary/aromatic N) is 1. The fourth-order valence-electron chi connectivity index (χ4n) is 2.80. The monoisotopic (exact) mass is 422 g/mol. The minimum Gasteiger partial charge on any atom is -0.345 e. The highest BCUT2D eigenvalue weighted by Gasteiger charge is 2.33. The Balaban J connectivity index is 0.000000584. The van der Waals surface area contributed by atoms with Crippen LogP contribution in [0.1, 0.15) is 91.9 Å². The lowest BCUT2D eigenvalue weighted by molar-refractivity contribution is -0.200. The number of terminal acetylenes is 1. The summed E-state index contributed by atoms with van der Waals surface area (Å²) in [7, 11) is 0. The molecule has 2 atom stereocenters. The molecule has 0 aliphatic carbocycles. The maximum atomic E-state index is 11.6. The van der Waals surface area contributed by atoms with Crippen LogP contribution in [0.5, 0.6) is 0 Å². The fourth-order valence-corrected chi connectivity index (χ4v) is 2.80. The Hall–Kier alpha value is -2.36. The number of carbonyl (C=O) groups is 4. The van der Waals surface area contributed by atoms with Crippen LogP contribution in [-0.2, 0) is 24.0 Å². The van der Waals surface area contributed by atoms with Crippen molar-refractivity contribution in [2.45, 2.75) is 91.9 Å². The van der Waals surface area contributed by atoms with Crippen LogP contribution < -0.4 is 5.32 Å². The van der Waals surface area contributed by atoms with Gasteiger partial charge in [0.2, 0.25) is 5.91 Å². The summed E-state index contributed by atoms with van der Waals surface area (Å²) in [4.78, 5) is 50.2. The van der Waals surface area contributed by atoms with Gasteiger partial charge in [-0.15, -0.1) is 11.5 Å². The predicted molar refractivity (Wildman–Crippen MR) is 116 cm³/mol. The summed E-state index contributed by atoms with van der Waals surface area (Å²) in [5.41, 5.74) is 0. The van der Waals surface area contributed by atoms with Crippen LogP contribution in [0.25, 0.3) is 0 Å². The minimum atomic E-state index is -0.496. The number of rotatable bonds is 12. The first-order valence-corrected chi connectivity index (χ1v) is 11.1. The van der Waals surface area contributed by atoms with Gasteiger partial charge >= 0.3 is 5.97 Å². The molecule has 0 saturated carbocycles. The molecule has 0 radical (unpaired) electrons. The van der Waals surface area contributed by atoms with Crippen LogP contribution >= 0.6 is 0 Å². The topological polar surface area (TPSA) is 92.8 Å². The molecule has 0 aromatic heterocycles. The standard InChI is InChI=1S/C12H19NO4.C11H19NO/c1-3-4-5-6-9(2)12(16)17-13-10(14)7-8-11(13)15;1-4-6-7-8-10(3)11(13)12-9-5-2/h9H,3-8H2,1-2H3;2,10H,4,6-9H2,1,3H3,(H,12,13). The molecule has 0 spiro atoms. The number of hydrogen-bond acceptors (Lipinski definition) is 5. The van der Waals surface area contributed by atoms with E-state index in [1.54, 1.807) is 6.92 Å². The number of hydrogen-bond donors (Lipinski definition) is 1. The summed E-state index contributed by atoms with van der Waals surface area (Å²) in [6.07, 6.45) is 13.6. The quantitative estimate of drug-likeness (QED) is 0.294. The van der Waals surface area contributed by atoms with E-state index in [4.69, 9.17) is 11.3 Å². The van der Waals surface area contributed by atoms with E-state index in [1.165, 1.54) is 12.8 Å². The molecular formula is C23H38N2O5. The van der Waals surface area contributed by atoms with Crippen molar-refractivity contribution in [2.24, 2.45) is 11.8 Å². The maximum Gasteiger partial charge on any atom is 0.335 e. The van der Waals surface area contributed by atoms with Crippen molar-refractivity contribution in [3.63, 3.8) is 0 Å². The van der Waals surface area contributed by atoms with E-state index < -0.39 is 17.8 Å². The molecule has 170 valence electrons. The van der Waals surface area contributed by atoms with Crippen molar-refractivity contribution < 1.29 is 24.0 Å². The van der Waals surface area contributed by atoms with Gasteiger partial charge in [0.25, 0.3) is 11.8 Å². The van der Waals surface area contributed by atoms with Gasteiger partial charge < -0.3 is 10.2 Å². The van der Waals surface area contributed by atoms with Gasteiger partial charge in [0.15, 0.2) is 0 Å². The Morgan fingerprint density at radius 2 is 1.50 bits per heavy atom. The van der Waals surface area contributed by atoms with Gasteiger partial charge in [-0.2, -0.15) is 0 Å². The van der Waals surface area contributed by atoms with Gasteiger partial charge in [-0.05, 0) is 12.8 Å². The summed E-state index contributed by atoms with van der Waals surface area (Å²) >= 11 is 0. The first-order valence-electron chi connectivity index (χ1n) is 11.1. The number of imide groups is 1. The Kier molecular flexibility index (Phi) is 15.1. The molecule has 1 N–H and O–H groups in total. The lowest BCUT2D eigenvalue weighted by Gasteiger charge is -2.16. The molecule has 0 aromatic carbocycles. The van der Waals surface area contributed by atoms with Crippen LogP contribution in [0.2, 0.25) is 0 Å². The van der Waals surface area contributed by atoms with Crippen LogP contribution in [0.3, 0.4) is 0 Å². The first-order chi connectivity index (χ1) is 14.3. The molecule has 1 aliphatic heterocycles. The highest BCUT2D eigenvalue weighted by atomic mass is 16.7. The van der Waals surface area contributed by atoms with Gasteiger partial charge in [-0.3, -0.25) is 14.4 Å². The van der Waals surface area contributed by atoms with Crippen molar-refractivity contribution >= 4 is 23.7 Å². The number of hydroxylamine groups is 2. The largest absolute Gasteiger partial charge is 0.345 e. The minimum absolute atomic E-state index is 0.0778.